The van der Waals surface area contributed by atoms with Gasteiger partial charge in [0.1, 0.15) is 11.2 Å². The zero-order chi connectivity index (χ0) is 34.1. The topological polar surface area (TPSA) is 13.1 Å². The van der Waals surface area contributed by atoms with Gasteiger partial charge in [-0.15, -0.1) is 0 Å². The first kappa shape index (κ1) is 25.6. The Hall–Kier alpha value is -6.44. The SMILES string of the molecule is [2H]c1ccc2cc(-c3ccc(-c4c5ccccc5c(-c5cccc(-c6ccc([2H])c7oc8ccccc8c67)c5)c5ccccc45)cc3)ccc2c1. The van der Waals surface area contributed by atoms with Crippen molar-refractivity contribution in [1.82, 2.24) is 0 Å². The van der Waals surface area contributed by atoms with Crippen LogP contribution in [0, 0.1) is 0 Å². The molecular formula is C48H30O. The van der Waals surface area contributed by atoms with Gasteiger partial charge in [-0.05, 0) is 101 Å². The number of hydrogen-bond donors (Lipinski definition) is 0. The van der Waals surface area contributed by atoms with E-state index in [1.165, 1.54) is 38.2 Å². The molecule has 0 N–H and O–H groups in total. The minimum atomic E-state index is 0.391. The molecule has 0 fully saturated rings. The minimum absolute atomic E-state index is 0.391. The summed E-state index contributed by atoms with van der Waals surface area (Å²) in [7, 11) is 0. The van der Waals surface area contributed by atoms with Crippen LogP contribution in [0.1, 0.15) is 2.74 Å². The number of fused-ring (bicyclic) bond motifs is 6. The van der Waals surface area contributed by atoms with Crippen molar-refractivity contribution < 1.29 is 7.16 Å². The molecule has 1 heteroatoms. The second kappa shape index (κ2) is 11.1. The van der Waals surface area contributed by atoms with Crippen molar-refractivity contribution in [2.75, 3.05) is 0 Å². The van der Waals surface area contributed by atoms with Crippen LogP contribution in [0.15, 0.2) is 186 Å². The molecule has 0 aliphatic rings. The highest BCUT2D eigenvalue weighted by Gasteiger charge is 2.18. The van der Waals surface area contributed by atoms with Crippen LogP contribution in [0.4, 0.5) is 0 Å². The van der Waals surface area contributed by atoms with E-state index in [9.17, 15) is 0 Å². The van der Waals surface area contributed by atoms with Crippen molar-refractivity contribution in [2.45, 2.75) is 0 Å². The first-order valence-corrected chi connectivity index (χ1v) is 16.7. The van der Waals surface area contributed by atoms with Gasteiger partial charge in [-0.3, -0.25) is 0 Å². The molecule has 0 radical (unpaired) electrons. The van der Waals surface area contributed by atoms with Gasteiger partial charge in [0.2, 0.25) is 0 Å². The lowest BCUT2D eigenvalue weighted by Crippen LogP contribution is -1.91. The molecule has 0 spiro atoms. The van der Waals surface area contributed by atoms with Crippen LogP contribution < -0.4 is 0 Å². The molecule has 0 saturated heterocycles. The van der Waals surface area contributed by atoms with Gasteiger partial charge in [0.05, 0.1) is 2.74 Å². The number of rotatable bonds is 4. The highest BCUT2D eigenvalue weighted by atomic mass is 16.3. The van der Waals surface area contributed by atoms with Crippen LogP contribution in [0.25, 0.3) is 98.8 Å². The zero-order valence-electron chi connectivity index (χ0n) is 28.6. The Balaban J connectivity index is 1.14. The number of hydrogen-bond acceptors (Lipinski definition) is 1. The van der Waals surface area contributed by atoms with Crippen LogP contribution >= 0.6 is 0 Å². The van der Waals surface area contributed by atoms with Gasteiger partial charge in [-0.2, -0.15) is 0 Å². The minimum Gasteiger partial charge on any atom is -0.456 e. The van der Waals surface area contributed by atoms with Gasteiger partial charge in [-0.1, -0.05) is 158 Å². The Morgan fingerprint density at radius 3 is 1.76 bits per heavy atom. The third-order valence-electron chi connectivity index (χ3n) is 9.91. The molecule has 10 aromatic rings. The first-order valence-electron chi connectivity index (χ1n) is 17.7. The van der Waals surface area contributed by atoms with Crippen LogP contribution in [-0.2, 0) is 0 Å². The summed E-state index contributed by atoms with van der Waals surface area (Å²) in [6.07, 6.45) is 0. The lowest BCUT2D eigenvalue weighted by Gasteiger charge is -2.18. The van der Waals surface area contributed by atoms with E-state index < -0.39 is 0 Å². The maximum atomic E-state index is 8.60. The fraction of sp³-hybridized carbons (Fsp3) is 0. The maximum Gasteiger partial charge on any atom is 0.136 e. The number of benzene rings is 9. The second-order valence-electron chi connectivity index (χ2n) is 12.7. The highest BCUT2D eigenvalue weighted by molar-refractivity contribution is 6.22. The molecule has 0 aliphatic carbocycles. The third-order valence-corrected chi connectivity index (χ3v) is 9.91. The Morgan fingerprint density at radius 2 is 1.00 bits per heavy atom. The highest BCUT2D eigenvalue weighted by Crippen LogP contribution is 2.45. The Morgan fingerprint density at radius 1 is 0.367 bits per heavy atom. The van der Waals surface area contributed by atoms with E-state index in [1.807, 2.05) is 42.5 Å². The van der Waals surface area contributed by atoms with Crippen molar-refractivity contribution in [1.29, 1.82) is 0 Å². The van der Waals surface area contributed by atoms with Crippen LogP contribution in [0.2, 0.25) is 0 Å². The molecule has 10 rings (SSSR count). The summed E-state index contributed by atoms with van der Waals surface area (Å²) in [5.41, 5.74) is 10.6. The standard InChI is InChI=1S/C48H30O/c1-2-12-34-29-35(28-25-31(34)11-1)32-23-26-33(27-24-32)46-39-15-3-5-17-41(39)47(42-18-6-4-16-40(42)46)37-14-9-13-36(30-37)38-20-10-22-45-48(38)43-19-7-8-21-44(43)49-45/h1-30H/i1D,22D. The molecule has 0 amide bonds. The normalized spacial score (nSPS) is 12.2. The van der Waals surface area contributed by atoms with E-state index in [0.29, 0.717) is 17.7 Å². The smallest absolute Gasteiger partial charge is 0.136 e. The van der Waals surface area contributed by atoms with Crippen LogP contribution in [-0.4, -0.2) is 0 Å². The Labute approximate surface area is 287 Å². The number of para-hydroxylation sites is 1. The van der Waals surface area contributed by atoms with E-state index in [1.54, 1.807) is 0 Å². The lowest BCUT2D eigenvalue weighted by molar-refractivity contribution is 0.669. The average Bonchev–Trinajstić information content (AvgIpc) is 3.58. The third kappa shape index (κ3) is 4.47. The Kier molecular flexibility index (Phi) is 5.79. The lowest BCUT2D eigenvalue weighted by atomic mass is 9.85. The van der Waals surface area contributed by atoms with Gasteiger partial charge in [0.25, 0.3) is 0 Å². The average molecular weight is 625 g/mol. The molecule has 0 saturated carbocycles. The van der Waals surface area contributed by atoms with Crippen LogP contribution in [0.5, 0.6) is 0 Å². The fourth-order valence-corrected chi connectivity index (χ4v) is 7.67. The predicted octanol–water partition coefficient (Wildman–Crippen LogP) is 13.7. The van der Waals surface area contributed by atoms with Crippen molar-refractivity contribution in [3.8, 4) is 44.5 Å². The molecule has 228 valence electrons. The fourth-order valence-electron chi connectivity index (χ4n) is 7.67. The van der Waals surface area contributed by atoms with Crippen molar-refractivity contribution in [2.24, 2.45) is 0 Å². The molecule has 0 unspecified atom stereocenters. The van der Waals surface area contributed by atoms with Crippen molar-refractivity contribution in [3.63, 3.8) is 0 Å². The molecule has 0 atom stereocenters. The second-order valence-corrected chi connectivity index (χ2v) is 12.7. The summed E-state index contributed by atoms with van der Waals surface area (Å²) in [5.74, 6) is 0. The van der Waals surface area contributed by atoms with Gasteiger partial charge in [-0.25, -0.2) is 0 Å². The maximum absolute atomic E-state index is 8.60. The summed E-state index contributed by atoms with van der Waals surface area (Å²) < 4.78 is 22.8. The summed E-state index contributed by atoms with van der Waals surface area (Å²) in [5, 5.41) is 9.06. The molecule has 0 aliphatic heterocycles. The monoisotopic (exact) mass is 624 g/mol. The first-order chi connectivity index (χ1) is 25.1. The van der Waals surface area contributed by atoms with Crippen molar-refractivity contribution >= 4 is 54.3 Å². The van der Waals surface area contributed by atoms with Gasteiger partial charge >= 0.3 is 0 Å². The summed E-state index contributed by atoms with van der Waals surface area (Å²) in [6, 6.07) is 60.4. The van der Waals surface area contributed by atoms with Crippen LogP contribution in [0.3, 0.4) is 0 Å². The molecule has 9 aromatic carbocycles. The molecule has 1 aromatic heterocycles. The molecule has 1 heterocycles. The molecule has 49 heavy (non-hydrogen) atoms. The molecule has 0 bridgehead atoms. The summed E-state index contributed by atoms with van der Waals surface area (Å²) in [4.78, 5) is 0. The van der Waals surface area contributed by atoms with E-state index >= 15 is 0 Å². The zero-order valence-corrected chi connectivity index (χ0v) is 26.6. The van der Waals surface area contributed by atoms with Crippen molar-refractivity contribution in [3.05, 3.63) is 182 Å². The quantitative estimate of drug-likeness (QED) is 0.178. The summed E-state index contributed by atoms with van der Waals surface area (Å²) >= 11 is 0. The van der Waals surface area contributed by atoms with Gasteiger partial charge in [0.15, 0.2) is 0 Å². The van der Waals surface area contributed by atoms with Gasteiger partial charge in [0, 0.05) is 10.8 Å². The predicted molar refractivity (Wildman–Crippen MR) is 208 cm³/mol. The Bertz CT molecular complexity index is 2930. The van der Waals surface area contributed by atoms with E-state index in [4.69, 9.17) is 7.16 Å². The van der Waals surface area contributed by atoms with E-state index in [2.05, 4.69) is 127 Å². The van der Waals surface area contributed by atoms with E-state index in [-0.39, 0.29) is 0 Å². The van der Waals surface area contributed by atoms with E-state index in [0.717, 1.165) is 54.9 Å². The largest absolute Gasteiger partial charge is 0.456 e. The molecule has 1 nitrogen and oxygen atoms in total. The van der Waals surface area contributed by atoms with Gasteiger partial charge < -0.3 is 4.42 Å². The molecular weight excluding hydrogens is 593 g/mol. The number of furan rings is 1. The summed E-state index contributed by atoms with van der Waals surface area (Å²) in [6.45, 7) is 0.